The summed E-state index contributed by atoms with van der Waals surface area (Å²) in [6.45, 7) is 0. The lowest BCUT2D eigenvalue weighted by atomic mass is 10.0. The van der Waals surface area contributed by atoms with Crippen LogP contribution in [0.3, 0.4) is 0 Å². The average Bonchev–Trinajstić information content (AvgIpc) is 2.91. The highest BCUT2D eigenvalue weighted by Crippen LogP contribution is 2.41. The van der Waals surface area contributed by atoms with Gasteiger partial charge in [-0.25, -0.2) is 15.2 Å². The number of aromatic carboxylic acids is 1. The number of benzene rings is 3. The maximum Gasteiger partial charge on any atom is 0.335 e. The zero-order valence-corrected chi connectivity index (χ0v) is 19.8. The van der Waals surface area contributed by atoms with Crippen LogP contribution in [0, 0.1) is 0 Å². The van der Waals surface area contributed by atoms with Crippen molar-refractivity contribution < 1.29 is 28.9 Å². The first-order valence-corrected chi connectivity index (χ1v) is 10.8. The number of carboxylic acid groups (broad SMARTS) is 1. The summed E-state index contributed by atoms with van der Waals surface area (Å²) in [7, 11) is 4.58. The zero-order valence-electron chi connectivity index (χ0n) is 19.8. The molecule has 1 heterocycles. The fourth-order valence-electron chi connectivity index (χ4n) is 3.68. The molecule has 9 heteroatoms. The first kappa shape index (κ1) is 24.2. The summed E-state index contributed by atoms with van der Waals surface area (Å²) >= 11 is 0. The minimum atomic E-state index is -1.01. The van der Waals surface area contributed by atoms with E-state index in [2.05, 4.69) is 10.5 Å². The lowest BCUT2D eigenvalue weighted by Crippen LogP contribution is -2.18. The molecule has 9 nitrogen and oxygen atoms in total. The second-order valence-electron chi connectivity index (χ2n) is 7.61. The smallest absolute Gasteiger partial charge is 0.335 e. The number of ether oxygens (including phenoxy) is 3. The number of hydrogen-bond donors (Lipinski definition) is 2. The second kappa shape index (κ2) is 10.6. The minimum Gasteiger partial charge on any atom is -0.493 e. The SMILES string of the molecule is COc1cc(-c2cc(C(=O)N/N=C/c3ccc(C(=O)O)cc3)c3ccccc3n2)cc(OC)c1OC. The molecule has 2 N–H and O–H groups in total. The largest absolute Gasteiger partial charge is 0.493 e. The number of carbonyl (C=O) groups is 2. The average molecular weight is 485 g/mol. The maximum absolute atomic E-state index is 13.1. The van der Waals surface area contributed by atoms with Gasteiger partial charge in [-0.15, -0.1) is 0 Å². The van der Waals surface area contributed by atoms with Gasteiger partial charge in [0.2, 0.25) is 5.75 Å². The van der Waals surface area contributed by atoms with Gasteiger partial charge in [0.1, 0.15) is 0 Å². The Kier molecular flexibility index (Phi) is 7.10. The van der Waals surface area contributed by atoms with Crippen molar-refractivity contribution in [3.8, 4) is 28.5 Å². The highest BCUT2D eigenvalue weighted by molar-refractivity contribution is 6.07. The predicted molar refractivity (Wildman–Crippen MR) is 135 cm³/mol. The predicted octanol–water partition coefficient (Wildman–Crippen LogP) is 4.39. The molecular weight excluding hydrogens is 462 g/mol. The van der Waals surface area contributed by atoms with E-state index in [1.807, 2.05) is 24.3 Å². The normalized spacial score (nSPS) is 10.9. The van der Waals surface area contributed by atoms with Crippen LogP contribution in [-0.4, -0.2) is 49.5 Å². The lowest BCUT2D eigenvalue weighted by Gasteiger charge is -2.15. The molecule has 0 fully saturated rings. The van der Waals surface area contributed by atoms with Crippen molar-refractivity contribution in [3.05, 3.63) is 83.4 Å². The molecule has 0 unspecified atom stereocenters. The minimum absolute atomic E-state index is 0.166. The molecule has 3 aromatic carbocycles. The van der Waals surface area contributed by atoms with Crippen LogP contribution >= 0.6 is 0 Å². The Hall–Kier alpha value is -4.92. The third kappa shape index (κ3) is 4.95. The number of rotatable bonds is 8. The zero-order chi connectivity index (χ0) is 25.7. The van der Waals surface area contributed by atoms with Gasteiger partial charge in [-0.1, -0.05) is 30.3 Å². The van der Waals surface area contributed by atoms with Crippen molar-refractivity contribution in [1.29, 1.82) is 0 Å². The summed E-state index contributed by atoms with van der Waals surface area (Å²) in [5.41, 5.74) is 5.55. The lowest BCUT2D eigenvalue weighted by molar-refractivity contribution is 0.0696. The molecule has 0 aliphatic rings. The third-order valence-electron chi connectivity index (χ3n) is 5.46. The molecule has 4 rings (SSSR count). The summed E-state index contributed by atoms with van der Waals surface area (Å²) in [6.07, 6.45) is 1.44. The number of carboxylic acids is 1. The van der Waals surface area contributed by atoms with Crippen LogP contribution < -0.4 is 19.6 Å². The molecule has 0 aliphatic carbocycles. The number of pyridine rings is 1. The van der Waals surface area contributed by atoms with E-state index in [9.17, 15) is 9.59 Å². The Bertz CT molecular complexity index is 1440. The fourth-order valence-corrected chi connectivity index (χ4v) is 3.68. The van der Waals surface area contributed by atoms with Crippen molar-refractivity contribution in [2.75, 3.05) is 21.3 Å². The molecule has 0 radical (unpaired) electrons. The Morgan fingerprint density at radius 2 is 1.58 bits per heavy atom. The van der Waals surface area contributed by atoms with Crippen LogP contribution in [0.5, 0.6) is 17.2 Å². The molecule has 0 spiro atoms. The Balaban J connectivity index is 1.69. The number of amides is 1. The summed E-state index contributed by atoms with van der Waals surface area (Å²) < 4.78 is 16.3. The second-order valence-corrected chi connectivity index (χ2v) is 7.61. The van der Waals surface area contributed by atoms with E-state index in [1.165, 1.54) is 39.7 Å². The van der Waals surface area contributed by atoms with E-state index >= 15 is 0 Å². The summed E-state index contributed by atoms with van der Waals surface area (Å²) in [6, 6.07) is 18.6. The van der Waals surface area contributed by atoms with Gasteiger partial charge in [0.05, 0.1) is 49.9 Å². The van der Waals surface area contributed by atoms with Gasteiger partial charge in [-0.05, 0) is 42.0 Å². The van der Waals surface area contributed by atoms with Crippen LogP contribution in [0.1, 0.15) is 26.3 Å². The van der Waals surface area contributed by atoms with Crippen LogP contribution in [0.4, 0.5) is 0 Å². The van der Waals surface area contributed by atoms with Crippen molar-refractivity contribution in [1.82, 2.24) is 10.4 Å². The monoisotopic (exact) mass is 485 g/mol. The number of hydrogen-bond acceptors (Lipinski definition) is 7. The van der Waals surface area contributed by atoms with Gasteiger partial charge in [0.25, 0.3) is 5.91 Å². The first-order valence-electron chi connectivity index (χ1n) is 10.8. The van der Waals surface area contributed by atoms with E-state index in [0.717, 1.165) is 0 Å². The van der Waals surface area contributed by atoms with Gasteiger partial charge in [-0.2, -0.15) is 5.10 Å². The number of nitrogens with zero attached hydrogens (tertiary/aromatic N) is 2. The molecule has 182 valence electrons. The third-order valence-corrected chi connectivity index (χ3v) is 5.46. The number of hydrazone groups is 1. The van der Waals surface area contributed by atoms with Gasteiger partial charge in [0.15, 0.2) is 11.5 Å². The quantitative estimate of drug-likeness (QED) is 0.281. The van der Waals surface area contributed by atoms with E-state index in [4.69, 9.17) is 24.3 Å². The Labute approximate surface area is 207 Å². The highest BCUT2D eigenvalue weighted by Gasteiger charge is 2.18. The molecule has 1 aromatic heterocycles. The van der Waals surface area contributed by atoms with E-state index in [1.54, 1.807) is 30.3 Å². The number of fused-ring (bicyclic) bond motifs is 1. The number of carbonyl (C=O) groups excluding carboxylic acids is 1. The molecule has 0 saturated carbocycles. The first-order chi connectivity index (χ1) is 17.4. The van der Waals surface area contributed by atoms with Crippen molar-refractivity contribution in [2.24, 2.45) is 5.10 Å². The van der Waals surface area contributed by atoms with Crippen LogP contribution in [0.15, 0.2) is 71.8 Å². The summed E-state index contributed by atoms with van der Waals surface area (Å²) in [4.78, 5) is 28.8. The molecule has 0 saturated heterocycles. The van der Waals surface area contributed by atoms with E-state index in [0.29, 0.717) is 50.5 Å². The molecule has 4 aromatic rings. The highest BCUT2D eigenvalue weighted by atomic mass is 16.5. The molecule has 36 heavy (non-hydrogen) atoms. The van der Waals surface area contributed by atoms with E-state index in [-0.39, 0.29) is 5.56 Å². The van der Waals surface area contributed by atoms with Crippen LogP contribution in [0.25, 0.3) is 22.2 Å². The topological polar surface area (TPSA) is 119 Å². The van der Waals surface area contributed by atoms with E-state index < -0.39 is 11.9 Å². The maximum atomic E-state index is 13.1. The van der Waals surface area contributed by atoms with Crippen molar-refractivity contribution in [3.63, 3.8) is 0 Å². The Morgan fingerprint density at radius 1 is 0.917 bits per heavy atom. The molecule has 0 aliphatic heterocycles. The molecule has 0 bridgehead atoms. The van der Waals surface area contributed by atoms with Gasteiger partial charge >= 0.3 is 5.97 Å². The molecular formula is C27H23N3O6. The summed E-state index contributed by atoms with van der Waals surface area (Å²) in [5, 5.41) is 13.7. The summed E-state index contributed by atoms with van der Waals surface area (Å²) in [5.74, 6) is -0.0640. The standard InChI is InChI=1S/C27H23N3O6/c1-34-23-12-18(13-24(35-2)25(23)36-3)22-14-20(19-6-4-5-7-21(19)29-22)26(31)30-28-15-16-8-10-17(11-9-16)27(32)33/h4-15H,1-3H3,(H,30,31)(H,32,33)/b28-15+. The van der Waals surface area contributed by atoms with Crippen molar-refractivity contribution >= 4 is 29.0 Å². The van der Waals surface area contributed by atoms with Gasteiger partial charge < -0.3 is 19.3 Å². The molecule has 1 amide bonds. The van der Waals surface area contributed by atoms with Crippen molar-refractivity contribution in [2.45, 2.75) is 0 Å². The molecule has 0 atom stereocenters. The van der Waals surface area contributed by atoms with Gasteiger partial charge in [-0.3, -0.25) is 4.79 Å². The number of nitrogens with one attached hydrogen (secondary N) is 1. The number of methoxy groups -OCH3 is 3. The number of aromatic nitrogens is 1. The van der Waals surface area contributed by atoms with Crippen LogP contribution in [0.2, 0.25) is 0 Å². The van der Waals surface area contributed by atoms with Gasteiger partial charge in [0, 0.05) is 10.9 Å². The fraction of sp³-hybridized carbons (Fsp3) is 0.111. The number of para-hydroxylation sites is 1. The van der Waals surface area contributed by atoms with Crippen LogP contribution in [-0.2, 0) is 0 Å². The Morgan fingerprint density at radius 3 is 2.19 bits per heavy atom.